The third kappa shape index (κ3) is 6.93. The number of imidazole rings is 1. The molecule has 10 nitrogen and oxygen atoms in total. The second kappa shape index (κ2) is 7.81. The molecular formula is C10H16N5O5P. The van der Waals surface area contributed by atoms with E-state index in [9.17, 15) is 0 Å². The third-order valence-corrected chi connectivity index (χ3v) is 2.19. The predicted octanol–water partition coefficient (Wildman–Crippen LogP) is -0.225. The lowest BCUT2D eigenvalue weighted by atomic mass is 10.3. The van der Waals surface area contributed by atoms with E-state index in [0.717, 1.165) is 11.1 Å². The molecule has 6 N–H and O–H groups in total. The summed E-state index contributed by atoms with van der Waals surface area (Å²) in [7, 11) is -4.64. The summed E-state index contributed by atoms with van der Waals surface area (Å²) in [6.07, 6.45) is 4.96. The van der Waals surface area contributed by atoms with Gasteiger partial charge in [-0.25, -0.2) is 19.5 Å². The van der Waals surface area contributed by atoms with Gasteiger partial charge in [-0.15, -0.1) is 0 Å². The fourth-order valence-electron chi connectivity index (χ4n) is 1.29. The van der Waals surface area contributed by atoms with Crippen LogP contribution in [0.2, 0.25) is 0 Å². The largest absolute Gasteiger partial charge is 0.466 e. The van der Waals surface area contributed by atoms with Crippen LogP contribution in [0.1, 0.15) is 6.92 Å². The number of fused-ring (bicyclic) bond motifs is 1. The molecule has 0 aliphatic heterocycles. The Morgan fingerprint density at radius 3 is 2.67 bits per heavy atom. The number of aliphatic hydroxyl groups is 1. The molecule has 0 aromatic carbocycles. The number of phosphoric acid groups is 1. The summed E-state index contributed by atoms with van der Waals surface area (Å²) in [6, 6.07) is 0. The number of H-pyrrole nitrogens is 1. The van der Waals surface area contributed by atoms with Crippen molar-refractivity contribution < 1.29 is 24.4 Å². The van der Waals surface area contributed by atoms with Gasteiger partial charge in [-0.05, 0) is 6.92 Å². The number of aromatic amines is 1. The second-order valence-corrected chi connectivity index (χ2v) is 4.95. The molecule has 2 aromatic heterocycles. The van der Waals surface area contributed by atoms with E-state index < -0.39 is 7.82 Å². The van der Waals surface area contributed by atoms with E-state index in [-0.39, 0.29) is 6.61 Å². The van der Waals surface area contributed by atoms with Crippen molar-refractivity contribution in [3.05, 3.63) is 24.3 Å². The Hall–Kier alpha value is -1.84. The van der Waals surface area contributed by atoms with Gasteiger partial charge in [-0.2, -0.15) is 0 Å². The molecule has 116 valence electrons. The van der Waals surface area contributed by atoms with Crippen LogP contribution in [-0.4, -0.2) is 52.9 Å². The summed E-state index contributed by atoms with van der Waals surface area (Å²) >= 11 is 0. The van der Waals surface area contributed by atoms with Crippen molar-refractivity contribution in [1.29, 1.82) is 0 Å². The van der Waals surface area contributed by atoms with Gasteiger partial charge in [0.2, 0.25) is 0 Å². The summed E-state index contributed by atoms with van der Waals surface area (Å²) in [5.74, 6) is 0.712. The van der Waals surface area contributed by atoms with Crippen LogP contribution in [0, 0.1) is 0 Å². The molecule has 0 atom stereocenters. The van der Waals surface area contributed by atoms with Crippen LogP contribution < -0.4 is 5.32 Å². The Bertz CT molecular complexity index is 644. The highest BCUT2D eigenvalue weighted by Gasteiger charge is 2.03. The summed E-state index contributed by atoms with van der Waals surface area (Å²) in [4.78, 5) is 36.7. The minimum atomic E-state index is -4.64. The lowest BCUT2D eigenvalue weighted by Gasteiger charge is -2.03. The van der Waals surface area contributed by atoms with E-state index in [1.165, 1.54) is 6.33 Å². The zero-order chi connectivity index (χ0) is 15.9. The first kappa shape index (κ1) is 17.2. The van der Waals surface area contributed by atoms with Crippen molar-refractivity contribution in [2.75, 3.05) is 18.5 Å². The van der Waals surface area contributed by atoms with Crippen molar-refractivity contribution in [1.82, 2.24) is 19.9 Å². The first-order valence-corrected chi connectivity index (χ1v) is 7.30. The molecule has 0 radical (unpaired) electrons. The highest BCUT2D eigenvalue weighted by Crippen LogP contribution is 2.25. The van der Waals surface area contributed by atoms with Gasteiger partial charge in [0.1, 0.15) is 11.8 Å². The van der Waals surface area contributed by atoms with E-state index in [2.05, 4.69) is 25.3 Å². The van der Waals surface area contributed by atoms with E-state index in [0.29, 0.717) is 18.0 Å². The van der Waals surface area contributed by atoms with Crippen LogP contribution >= 0.6 is 7.82 Å². The average Bonchev–Trinajstić information content (AvgIpc) is 2.85. The first-order chi connectivity index (χ1) is 9.81. The zero-order valence-corrected chi connectivity index (χ0v) is 12.0. The Morgan fingerprint density at radius 2 is 2.05 bits per heavy atom. The van der Waals surface area contributed by atoms with E-state index in [1.54, 1.807) is 6.33 Å². The molecule has 2 aromatic rings. The van der Waals surface area contributed by atoms with Crippen LogP contribution in [0.5, 0.6) is 0 Å². The highest BCUT2D eigenvalue weighted by atomic mass is 31.2. The molecule has 0 bridgehead atoms. The maximum Gasteiger partial charge on any atom is 0.466 e. The molecule has 21 heavy (non-hydrogen) atoms. The summed E-state index contributed by atoms with van der Waals surface area (Å²) in [5, 5.41) is 12.0. The van der Waals surface area contributed by atoms with Crippen LogP contribution in [0.3, 0.4) is 0 Å². The number of aliphatic hydroxyl groups excluding tert-OH is 1. The van der Waals surface area contributed by atoms with Crippen molar-refractivity contribution in [2.45, 2.75) is 6.92 Å². The Kier molecular flexibility index (Phi) is 6.40. The maximum atomic E-state index is 8.88. The topological polar surface area (TPSA) is 164 Å². The molecule has 2 heterocycles. The Balaban J connectivity index is 0.000000383. The molecule has 0 unspecified atom stereocenters. The monoisotopic (exact) mass is 317 g/mol. The number of nitrogens with one attached hydrogen (secondary N) is 2. The van der Waals surface area contributed by atoms with Gasteiger partial charge < -0.3 is 30.1 Å². The quantitative estimate of drug-likeness (QED) is 0.330. The molecule has 0 fully saturated rings. The minimum Gasteiger partial charge on any atom is -0.392 e. The van der Waals surface area contributed by atoms with Crippen molar-refractivity contribution >= 4 is 24.8 Å². The molecule has 0 spiro atoms. The summed E-state index contributed by atoms with van der Waals surface area (Å²) in [5.41, 5.74) is 2.35. The summed E-state index contributed by atoms with van der Waals surface area (Å²) in [6.45, 7) is 2.55. The van der Waals surface area contributed by atoms with Gasteiger partial charge in [0.25, 0.3) is 0 Å². The van der Waals surface area contributed by atoms with Gasteiger partial charge in [-0.3, -0.25) is 0 Å². The van der Waals surface area contributed by atoms with Crippen LogP contribution in [0.4, 0.5) is 5.82 Å². The van der Waals surface area contributed by atoms with Crippen LogP contribution in [-0.2, 0) is 4.57 Å². The minimum absolute atomic E-state index is 0.0743. The van der Waals surface area contributed by atoms with Crippen molar-refractivity contribution in [2.24, 2.45) is 0 Å². The maximum absolute atomic E-state index is 8.88. The van der Waals surface area contributed by atoms with Gasteiger partial charge in [0.05, 0.1) is 12.9 Å². The first-order valence-electron chi connectivity index (χ1n) is 5.74. The van der Waals surface area contributed by atoms with Crippen LogP contribution in [0.15, 0.2) is 24.3 Å². The average molecular weight is 317 g/mol. The Morgan fingerprint density at radius 1 is 1.38 bits per heavy atom. The smallest absolute Gasteiger partial charge is 0.392 e. The highest BCUT2D eigenvalue weighted by molar-refractivity contribution is 7.45. The van der Waals surface area contributed by atoms with Crippen LogP contribution in [0.25, 0.3) is 11.2 Å². The van der Waals surface area contributed by atoms with E-state index >= 15 is 0 Å². The molecule has 0 aliphatic rings. The van der Waals surface area contributed by atoms with Gasteiger partial charge >= 0.3 is 7.82 Å². The lowest BCUT2D eigenvalue weighted by Crippen LogP contribution is -2.03. The molecule has 0 amide bonds. The summed E-state index contributed by atoms with van der Waals surface area (Å²) < 4.78 is 8.88. The number of hydrogen-bond acceptors (Lipinski definition) is 6. The SMILES string of the molecule is CC(=CCNc1ncnc2nc[nH]c12)CO.O=P(O)(O)O. The number of hydrogen-bond donors (Lipinski definition) is 6. The standard InChI is InChI=1S/C10H13N5O.H3O4P/c1-7(4-16)2-3-11-9-8-10(13-5-12-8)15-6-14-9;1-5(2,3)4/h2,5-6,16H,3-4H2,1H3,(H2,11,12,13,14,15);(H3,1,2,3,4). The van der Waals surface area contributed by atoms with Gasteiger partial charge in [-0.1, -0.05) is 11.6 Å². The normalized spacial score (nSPS) is 12.0. The molecule has 0 aliphatic carbocycles. The number of aromatic nitrogens is 4. The molecule has 0 saturated carbocycles. The fraction of sp³-hybridized carbons (Fsp3) is 0.300. The van der Waals surface area contributed by atoms with Crippen molar-refractivity contribution in [3.8, 4) is 0 Å². The molecule has 2 rings (SSSR count). The fourth-order valence-corrected chi connectivity index (χ4v) is 1.29. The molecule has 0 saturated heterocycles. The van der Waals surface area contributed by atoms with Crippen molar-refractivity contribution in [3.63, 3.8) is 0 Å². The lowest BCUT2D eigenvalue weighted by molar-refractivity contribution is 0.275. The van der Waals surface area contributed by atoms with Gasteiger partial charge in [0, 0.05) is 6.54 Å². The zero-order valence-electron chi connectivity index (χ0n) is 11.1. The van der Waals surface area contributed by atoms with Gasteiger partial charge in [0.15, 0.2) is 11.5 Å². The predicted molar refractivity (Wildman–Crippen MR) is 75.3 cm³/mol. The molecule has 11 heteroatoms. The van der Waals surface area contributed by atoms with E-state index in [4.69, 9.17) is 24.4 Å². The Labute approximate surface area is 119 Å². The number of rotatable bonds is 4. The third-order valence-electron chi connectivity index (χ3n) is 2.19. The number of nitrogens with zero attached hydrogens (tertiary/aromatic N) is 3. The van der Waals surface area contributed by atoms with E-state index in [1.807, 2.05) is 13.0 Å². The number of anilines is 1. The second-order valence-electron chi connectivity index (χ2n) is 3.93. The molecular weight excluding hydrogens is 301 g/mol.